The summed E-state index contributed by atoms with van der Waals surface area (Å²) in [5, 5.41) is 3.50. The summed E-state index contributed by atoms with van der Waals surface area (Å²) in [7, 11) is 2.28. The summed E-state index contributed by atoms with van der Waals surface area (Å²) in [5.41, 5.74) is 0. The molecule has 15 heavy (non-hydrogen) atoms. The van der Waals surface area contributed by atoms with Crippen LogP contribution in [-0.4, -0.2) is 37.6 Å². The van der Waals surface area contributed by atoms with Crippen molar-refractivity contribution in [2.75, 3.05) is 26.7 Å². The summed E-state index contributed by atoms with van der Waals surface area (Å²) in [4.78, 5) is 2.55. The van der Waals surface area contributed by atoms with Crippen LogP contribution in [0.25, 0.3) is 0 Å². The quantitative estimate of drug-likeness (QED) is 0.752. The second kappa shape index (κ2) is 6.49. The molecule has 0 aliphatic carbocycles. The monoisotopic (exact) mass is 212 g/mol. The molecule has 0 radical (unpaired) electrons. The molecule has 0 aromatic heterocycles. The van der Waals surface area contributed by atoms with Crippen molar-refractivity contribution in [3.05, 3.63) is 0 Å². The van der Waals surface area contributed by atoms with Gasteiger partial charge in [-0.15, -0.1) is 0 Å². The minimum absolute atomic E-state index is 0.719. The van der Waals surface area contributed by atoms with E-state index in [-0.39, 0.29) is 0 Å². The van der Waals surface area contributed by atoms with E-state index in [2.05, 4.69) is 38.0 Å². The Morgan fingerprint density at radius 2 is 2.13 bits per heavy atom. The molecule has 2 nitrogen and oxygen atoms in total. The fourth-order valence-corrected chi connectivity index (χ4v) is 2.43. The molecule has 2 heteroatoms. The zero-order chi connectivity index (χ0) is 11.3. The average molecular weight is 212 g/mol. The van der Waals surface area contributed by atoms with Crippen LogP contribution in [0.3, 0.4) is 0 Å². The molecule has 3 unspecified atom stereocenters. The molecular formula is C13H28N2. The molecule has 0 spiro atoms. The number of nitrogens with one attached hydrogen (secondary N) is 1. The van der Waals surface area contributed by atoms with Gasteiger partial charge in [-0.05, 0) is 51.7 Å². The van der Waals surface area contributed by atoms with Gasteiger partial charge in [0.15, 0.2) is 0 Å². The fraction of sp³-hybridized carbons (Fsp3) is 1.00. The largest absolute Gasteiger partial charge is 0.316 e. The van der Waals surface area contributed by atoms with E-state index in [4.69, 9.17) is 0 Å². The van der Waals surface area contributed by atoms with E-state index >= 15 is 0 Å². The highest BCUT2D eigenvalue weighted by Gasteiger charge is 2.20. The zero-order valence-corrected chi connectivity index (χ0v) is 10.9. The molecule has 1 rings (SSSR count). The van der Waals surface area contributed by atoms with E-state index in [9.17, 15) is 0 Å². The molecular weight excluding hydrogens is 184 g/mol. The SMILES string of the molecule is CCC(C)C(C)N(C)CC1CCCNC1. The molecule has 3 atom stereocenters. The van der Waals surface area contributed by atoms with Crippen LogP contribution < -0.4 is 5.32 Å². The highest BCUT2D eigenvalue weighted by atomic mass is 15.1. The highest BCUT2D eigenvalue weighted by Crippen LogP contribution is 2.17. The van der Waals surface area contributed by atoms with Gasteiger partial charge in [-0.2, -0.15) is 0 Å². The summed E-state index contributed by atoms with van der Waals surface area (Å²) in [6, 6.07) is 0.719. The number of piperidine rings is 1. The third-order valence-electron chi connectivity index (χ3n) is 4.11. The van der Waals surface area contributed by atoms with Gasteiger partial charge in [-0.1, -0.05) is 20.3 Å². The van der Waals surface area contributed by atoms with Crippen LogP contribution in [0.15, 0.2) is 0 Å². The summed E-state index contributed by atoms with van der Waals surface area (Å²) in [6.45, 7) is 10.7. The summed E-state index contributed by atoms with van der Waals surface area (Å²) < 4.78 is 0. The summed E-state index contributed by atoms with van der Waals surface area (Å²) in [6.07, 6.45) is 4.05. The van der Waals surface area contributed by atoms with Crippen LogP contribution >= 0.6 is 0 Å². The molecule has 0 amide bonds. The third-order valence-corrected chi connectivity index (χ3v) is 4.11. The highest BCUT2D eigenvalue weighted by molar-refractivity contribution is 4.76. The molecule has 1 aliphatic rings. The van der Waals surface area contributed by atoms with Crippen LogP contribution in [0.1, 0.15) is 40.0 Å². The first-order valence-corrected chi connectivity index (χ1v) is 6.56. The van der Waals surface area contributed by atoms with Gasteiger partial charge in [-0.3, -0.25) is 0 Å². The van der Waals surface area contributed by atoms with Crippen LogP contribution in [0.2, 0.25) is 0 Å². The van der Waals surface area contributed by atoms with E-state index < -0.39 is 0 Å². The molecule has 1 N–H and O–H groups in total. The fourth-order valence-electron chi connectivity index (χ4n) is 2.43. The lowest BCUT2D eigenvalue weighted by molar-refractivity contribution is 0.157. The molecule has 0 aromatic carbocycles. The molecule has 1 aliphatic heterocycles. The van der Waals surface area contributed by atoms with E-state index in [0.29, 0.717) is 0 Å². The van der Waals surface area contributed by atoms with E-state index in [1.165, 1.54) is 38.9 Å². The Morgan fingerprint density at radius 1 is 1.40 bits per heavy atom. The average Bonchev–Trinajstić information content (AvgIpc) is 2.28. The predicted molar refractivity (Wildman–Crippen MR) is 67.1 cm³/mol. The molecule has 1 heterocycles. The second-order valence-corrected chi connectivity index (χ2v) is 5.28. The number of hydrogen-bond donors (Lipinski definition) is 1. The lowest BCUT2D eigenvalue weighted by Crippen LogP contribution is -2.42. The maximum absolute atomic E-state index is 3.50. The number of nitrogens with zero attached hydrogens (tertiary/aromatic N) is 1. The van der Waals surface area contributed by atoms with Crippen molar-refractivity contribution in [3.63, 3.8) is 0 Å². The first kappa shape index (κ1) is 13.0. The summed E-state index contributed by atoms with van der Waals surface area (Å²) in [5.74, 6) is 1.68. The maximum Gasteiger partial charge on any atom is 0.00895 e. The van der Waals surface area contributed by atoms with Gasteiger partial charge in [0.25, 0.3) is 0 Å². The minimum Gasteiger partial charge on any atom is -0.316 e. The van der Waals surface area contributed by atoms with Gasteiger partial charge in [0, 0.05) is 12.6 Å². The van der Waals surface area contributed by atoms with Crippen molar-refractivity contribution in [2.45, 2.75) is 46.1 Å². The van der Waals surface area contributed by atoms with Crippen molar-refractivity contribution < 1.29 is 0 Å². The third kappa shape index (κ3) is 4.12. The van der Waals surface area contributed by atoms with Crippen molar-refractivity contribution >= 4 is 0 Å². The van der Waals surface area contributed by atoms with Gasteiger partial charge in [0.1, 0.15) is 0 Å². The first-order valence-electron chi connectivity index (χ1n) is 6.56. The van der Waals surface area contributed by atoms with Crippen LogP contribution in [-0.2, 0) is 0 Å². The Hall–Kier alpha value is -0.0800. The smallest absolute Gasteiger partial charge is 0.00895 e. The Balaban J connectivity index is 2.29. The zero-order valence-electron chi connectivity index (χ0n) is 10.9. The Bertz CT molecular complexity index is 164. The molecule has 0 bridgehead atoms. The Morgan fingerprint density at radius 3 is 2.67 bits per heavy atom. The molecule has 90 valence electrons. The van der Waals surface area contributed by atoms with Crippen LogP contribution in [0, 0.1) is 11.8 Å². The standard InChI is InChI=1S/C13H28N2/c1-5-11(2)12(3)15(4)10-13-7-6-8-14-9-13/h11-14H,5-10H2,1-4H3. The maximum atomic E-state index is 3.50. The van der Waals surface area contributed by atoms with Gasteiger partial charge in [0.05, 0.1) is 0 Å². The lowest BCUT2D eigenvalue weighted by Gasteiger charge is -2.34. The van der Waals surface area contributed by atoms with E-state index in [1.807, 2.05) is 0 Å². The normalized spacial score (nSPS) is 26.6. The number of rotatable bonds is 5. The van der Waals surface area contributed by atoms with Crippen LogP contribution in [0.5, 0.6) is 0 Å². The summed E-state index contributed by atoms with van der Waals surface area (Å²) >= 11 is 0. The van der Waals surface area contributed by atoms with Crippen molar-refractivity contribution in [2.24, 2.45) is 11.8 Å². The van der Waals surface area contributed by atoms with E-state index in [1.54, 1.807) is 0 Å². The van der Waals surface area contributed by atoms with Crippen molar-refractivity contribution in [1.29, 1.82) is 0 Å². The first-order chi connectivity index (χ1) is 7.15. The molecule has 0 aromatic rings. The van der Waals surface area contributed by atoms with Gasteiger partial charge >= 0.3 is 0 Å². The van der Waals surface area contributed by atoms with Gasteiger partial charge in [-0.25, -0.2) is 0 Å². The minimum atomic E-state index is 0.719. The van der Waals surface area contributed by atoms with E-state index in [0.717, 1.165) is 17.9 Å². The number of hydrogen-bond acceptors (Lipinski definition) is 2. The molecule has 0 saturated carbocycles. The Labute approximate surface area is 95.4 Å². The van der Waals surface area contributed by atoms with Gasteiger partial charge < -0.3 is 10.2 Å². The second-order valence-electron chi connectivity index (χ2n) is 5.28. The predicted octanol–water partition coefficient (Wildman–Crippen LogP) is 2.35. The van der Waals surface area contributed by atoms with Gasteiger partial charge in [0.2, 0.25) is 0 Å². The molecule has 1 saturated heterocycles. The molecule has 1 fully saturated rings. The van der Waals surface area contributed by atoms with Crippen molar-refractivity contribution in [3.8, 4) is 0 Å². The topological polar surface area (TPSA) is 15.3 Å². The lowest BCUT2D eigenvalue weighted by atomic mass is 9.95. The van der Waals surface area contributed by atoms with Crippen molar-refractivity contribution in [1.82, 2.24) is 10.2 Å². The van der Waals surface area contributed by atoms with Crippen LogP contribution in [0.4, 0.5) is 0 Å². The Kier molecular flexibility index (Phi) is 5.62.